The van der Waals surface area contributed by atoms with Gasteiger partial charge in [0, 0.05) is 11.5 Å². The molecule has 1 aromatic heterocycles. The Kier molecular flexibility index (Phi) is 4.93. The van der Waals surface area contributed by atoms with E-state index >= 15 is 0 Å². The van der Waals surface area contributed by atoms with E-state index in [-0.39, 0.29) is 6.61 Å². The fraction of sp³-hybridized carbons (Fsp3) is 0.636. The van der Waals surface area contributed by atoms with Gasteiger partial charge in [-0.05, 0) is 36.8 Å². The second-order valence-electron chi connectivity index (χ2n) is 4.09. The van der Waals surface area contributed by atoms with Gasteiger partial charge in [-0.25, -0.2) is 0 Å². The van der Waals surface area contributed by atoms with Gasteiger partial charge in [0.15, 0.2) is 0 Å². The zero-order chi connectivity index (χ0) is 10.6. The lowest BCUT2D eigenvalue weighted by atomic mass is 9.94. The Labute approximate surface area is 94.7 Å². The highest BCUT2D eigenvalue weighted by atomic mass is 35.5. The quantitative estimate of drug-likeness (QED) is 0.823. The third-order valence-electron chi connectivity index (χ3n) is 2.18. The summed E-state index contributed by atoms with van der Waals surface area (Å²) in [5.41, 5.74) is 0. The van der Waals surface area contributed by atoms with Crippen LogP contribution in [-0.4, -0.2) is 11.7 Å². The van der Waals surface area contributed by atoms with Crippen molar-refractivity contribution in [3.05, 3.63) is 21.3 Å². The number of hydrogen-bond acceptors (Lipinski definition) is 2. The highest BCUT2D eigenvalue weighted by Crippen LogP contribution is 2.25. The highest BCUT2D eigenvalue weighted by molar-refractivity contribution is 7.16. The number of rotatable bonds is 5. The van der Waals surface area contributed by atoms with Gasteiger partial charge in [0.05, 0.1) is 4.34 Å². The number of aliphatic hydroxyl groups excluding tert-OH is 1. The van der Waals surface area contributed by atoms with E-state index in [0.717, 1.165) is 17.2 Å². The van der Waals surface area contributed by atoms with Crippen LogP contribution in [-0.2, 0) is 6.42 Å². The van der Waals surface area contributed by atoms with E-state index in [0.29, 0.717) is 11.8 Å². The van der Waals surface area contributed by atoms with Crippen LogP contribution >= 0.6 is 22.9 Å². The van der Waals surface area contributed by atoms with Crippen molar-refractivity contribution < 1.29 is 5.11 Å². The predicted molar refractivity (Wildman–Crippen MR) is 63.1 cm³/mol. The van der Waals surface area contributed by atoms with E-state index in [2.05, 4.69) is 19.9 Å². The molecular formula is C11H17ClOS. The maximum absolute atomic E-state index is 9.21. The Morgan fingerprint density at radius 1 is 1.43 bits per heavy atom. The molecule has 0 spiro atoms. The van der Waals surface area contributed by atoms with Gasteiger partial charge >= 0.3 is 0 Å². The Bertz CT molecular complexity index is 270. The SMILES string of the molecule is CC(C)CC(CO)Cc1ccc(Cl)s1. The normalized spacial score (nSPS) is 13.5. The molecule has 1 aromatic rings. The topological polar surface area (TPSA) is 20.2 Å². The molecule has 0 fully saturated rings. The van der Waals surface area contributed by atoms with Crippen molar-refractivity contribution in [2.24, 2.45) is 11.8 Å². The molecule has 0 bridgehead atoms. The Morgan fingerprint density at radius 3 is 2.57 bits per heavy atom. The largest absolute Gasteiger partial charge is 0.396 e. The monoisotopic (exact) mass is 232 g/mol. The minimum atomic E-state index is 0.272. The summed E-state index contributed by atoms with van der Waals surface area (Å²) in [7, 11) is 0. The van der Waals surface area contributed by atoms with Gasteiger partial charge in [0.2, 0.25) is 0 Å². The fourth-order valence-corrected chi connectivity index (χ4v) is 2.84. The maximum atomic E-state index is 9.21. The van der Waals surface area contributed by atoms with E-state index in [1.54, 1.807) is 11.3 Å². The van der Waals surface area contributed by atoms with Crippen molar-refractivity contribution in [1.82, 2.24) is 0 Å². The van der Waals surface area contributed by atoms with Gasteiger partial charge in [-0.1, -0.05) is 25.4 Å². The van der Waals surface area contributed by atoms with Crippen LogP contribution in [0.25, 0.3) is 0 Å². The predicted octanol–water partition coefficient (Wildman–Crippen LogP) is 3.60. The molecule has 0 aliphatic heterocycles. The molecule has 80 valence electrons. The molecule has 0 aliphatic rings. The minimum absolute atomic E-state index is 0.272. The minimum Gasteiger partial charge on any atom is -0.396 e. The van der Waals surface area contributed by atoms with Crippen LogP contribution in [0.5, 0.6) is 0 Å². The van der Waals surface area contributed by atoms with Crippen LogP contribution in [0.15, 0.2) is 12.1 Å². The molecular weight excluding hydrogens is 216 g/mol. The van der Waals surface area contributed by atoms with Crippen molar-refractivity contribution in [3.8, 4) is 0 Å². The molecule has 0 saturated carbocycles. The van der Waals surface area contributed by atoms with E-state index in [4.69, 9.17) is 11.6 Å². The molecule has 0 aromatic carbocycles. The maximum Gasteiger partial charge on any atom is 0.0931 e. The van der Waals surface area contributed by atoms with E-state index in [9.17, 15) is 5.11 Å². The number of aliphatic hydroxyl groups is 1. The molecule has 1 N–H and O–H groups in total. The molecule has 1 rings (SSSR count). The van der Waals surface area contributed by atoms with Crippen molar-refractivity contribution in [1.29, 1.82) is 0 Å². The summed E-state index contributed by atoms with van der Waals surface area (Å²) in [6, 6.07) is 3.97. The third-order valence-corrected chi connectivity index (χ3v) is 3.44. The van der Waals surface area contributed by atoms with Crippen LogP contribution in [0.2, 0.25) is 4.34 Å². The van der Waals surface area contributed by atoms with Crippen LogP contribution in [0.4, 0.5) is 0 Å². The van der Waals surface area contributed by atoms with Crippen LogP contribution < -0.4 is 0 Å². The van der Waals surface area contributed by atoms with Gasteiger partial charge in [0.1, 0.15) is 0 Å². The van der Waals surface area contributed by atoms with E-state index < -0.39 is 0 Å². The summed E-state index contributed by atoms with van der Waals surface area (Å²) in [4.78, 5) is 1.27. The van der Waals surface area contributed by atoms with Gasteiger partial charge in [-0.2, -0.15) is 0 Å². The molecule has 1 nitrogen and oxygen atoms in total. The first-order valence-electron chi connectivity index (χ1n) is 4.97. The molecule has 0 amide bonds. The first-order chi connectivity index (χ1) is 6.61. The van der Waals surface area contributed by atoms with Crippen molar-refractivity contribution in [3.63, 3.8) is 0 Å². The average Bonchev–Trinajstić information content (AvgIpc) is 2.49. The standard InChI is InChI=1S/C11H17ClOS/c1-8(2)5-9(7-13)6-10-3-4-11(12)14-10/h3-4,8-9,13H,5-7H2,1-2H3. The van der Waals surface area contributed by atoms with Gasteiger partial charge < -0.3 is 5.11 Å². The third kappa shape index (κ3) is 3.99. The molecule has 0 radical (unpaired) electrons. The molecule has 1 heterocycles. The zero-order valence-corrected chi connectivity index (χ0v) is 10.2. The summed E-state index contributed by atoms with van der Waals surface area (Å²) >= 11 is 7.46. The number of hydrogen-bond donors (Lipinski definition) is 1. The van der Waals surface area contributed by atoms with Crippen molar-refractivity contribution >= 4 is 22.9 Å². The zero-order valence-electron chi connectivity index (χ0n) is 8.66. The lowest BCUT2D eigenvalue weighted by Gasteiger charge is -2.15. The fourth-order valence-electron chi connectivity index (χ4n) is 1.64. The second kappa shape index (κ2) is 5.74. The summed E-state index contributed by atoms with van der Waals surface area (Å²) in [6.07, 6.45) is 2.03. The Balaban J connectivity index is 2.48. The molecule has 1 atom stereocenters. The summed E-state index contributed by atoms with van der Waals surface area (Å²) < 4.78 is 0.834. The molecule has 0 aliphatic carbocycles. The van der Waals surface area contributed by atoms with Gasteiger partial charge in [-0.3, -0.25) is 0 Å². The van der Waals surface area contributed by atoms with Crippen molar-refractivity contribution in [2.45, 2.75) is 26.7 Å². The van der Waals surface area contributed by atoms with Gasteiger partial charge in [0.25, 0.3) is 0 Å². The first-order valence-corrected chi connectivity index (χ1v) is 6.16. The van der Waals surface area contributed by atoms with Gasteiger partial charge in [-0.15, -0.1) is 11.3 Å². The van der Waals surface area contributed by atoms with Crippen molar-refractivity contribution in [2.75, 3.05) is 6.61 Å². The highest BCUT2D eigenvalue weighted by Gasteiger charge is 2.11. The first kappa shape index (κ1) is 12.0. The molecule has 3 heteroatoms. The molecule has 14 heavy (non-hydrogen) atoms. The smallest absolute Gasteiger partial charge is 0.0931 e. The summed E-state index contributed by atoms with van der Waals surface area (Å²) in [6.45, 7) is 4.64. The summed E-state index contributed by atoms with van der Waals surface area (Å²) in [5, 5.41) is 9.21. The Morgan fingerprint density at radius 2 is 2.14 bits per heavy atom. The van der Waals surface area contributed by atoms with Crippen LogP contribution in [0.3, 0.4) is 0 Å². The molecule has 0 saturated heterocycles. The Hall–Kier alpha value is -0.0500. The van der Waals surface area contributed by atoms with Crippen LogP contribution in [0.1, 0.15) is 25.1 Å². The average molecular weight is 233 g/mol. The number of thiophene rings is 1. The second-order valence-corrected chi connectivity index (χ2v) is 5.89. The lowest BCUT2D eigenvalue weighted by molar-refractivity contribution is 0.206. The van der Waals surface area contributed by atoms with E-state index in [1.165, 1.54) is 4.88 Å². The van der Waals surface area contributed by atoms with E-state index in [1.807, 2.05) is 6.07 Å². The summed E-state index contributed by atoms with van der Waals surface area (Å²) in [5.74, 6) is 1.02. The lowest BCUT2D eigenvalue weighted by Crippen LogP contribution is -2.11. The molecule has 1 unspecified atom stereocenters. The van der Waals surface area contributed by atoms with Crippen LogP contribution in [0, 0.1) is 11.8 Å². The number of halogens is 1.